The van der Waals surface area contributed by atoms with Crippen molar-refractivity contribution in [1.82, 2.24) is 9.80 Å². The second kappa shape index (κ2) is 8.26. The van der Waals surface area contributed by atoms with E-state index in [0.29, 0.717) is 5.69 Å². The fraction of sp³-hybridized carbons (Fsp3) is 0.556. The quantitative estimate of drug-likeness (QED) is 0.826. The molecule has 0 aromatic heterocycles. The molecule has 0 unspecified atom stereocenters. The van der Waals surface area contributed by atoms with Gasteiger partial charge in [0, 0.05) is 32.1 Å². The number of benzene rings is 1. The van der Waals surface area contributed by atoms with E-state index >= 15 is 0 Å². The highest BCUT2D eigenvalue weighted by atomic mass is 16.3. The van der Waals surface area contributed by atoms with E-state index in [-0.39, 0.29) is 24.8 Å². The number of likely N-dealkylation sites (tertiary alicyclic amines) is 1. The standard InChI is InChI=1S/C18H27N3O3/c1-4-20(5-2)11-14-6-8-15(9-7-14)19-18(24)17-10-16(23)12-21(17)13(3)22/h6-9,16-17,23H,4-5,10-12H2,1-3H3,(H,19,24)/t16-,17-/m1/s1. The van der Waals surface area contributed by atoms with Crippen molar-refractivity contribution in [2.75, 3.05) is 25.0 Å². The molecule has 0 bridgehead atoms. The number of hydrogen-bond acceptors (Lipinski definition) is 4. The molecule has 1 aliphatic heterocycles. The molecule has 132 valence electrons. The van der Waals surface area contributed by atoms with Gasteiger partial charge in [-0.05, 0) is 30.8 Å². The Balaban J connectivity index is 1.98. The average Bonchev–Trinajstić information content (AvgIpc) is 2.96. The first-order chi connectivity index (χ1) is 11.4. The Labute approximate surface area is 143 Å². The molecule has 0 aliphatic carbocycles. The summed E-state index contributed by atoms with van der Waals surface area (Å²) in [4.78, 5) is 27.7. The maximum atomic E-state index is 12.4. The van der Waals surface area contributed by atoms with Crippen LogP contribution in [-0.4, -0.2) is 58.5 Å². The third-order valence-corrected chi connectivity index (χ3v) is 4.51. The van der Waals surface area contributed by atoms with Crippen LogP contribution in [0.4, 0.5) is 5.69 Å². The smallest absolute Gasteiger partial charge is 0.247 e. The van der Waals surface area contributed by atoms with Crippen molar-refractivity contribution in [2.45, 2.75) is 45.9 Å². The largest absolute Gasteiger partial charge is 0.391 e. The third kappa shape index (κ3) is 4.55. The number of aliphatic hydroxyl groups is 1. The molecular weight excluding hydrogens is 306 g/mol. The Bertz CT molecular complexity index is 569. The van der Waals surface area contributed by atoms with Crippen LogP contribution in [0.1, 0.15) is 32.8 Å². The first-order valence-electron chi connectivity index (χ1n) is 8.52. The van der Waals surface area contributed by atoms with Crippen LogP contribution >= 0.6 is 0 Å². The normalized spacial score (nSPS) is 20.5. The third-order valence-electron chi connectivity index (χ3n) is 4.51. The minimum absolute atomic E-state index is 0.193. The second-order valence-electron chi connectivity index (χ2n) is 6.22. The van der Waals surface area contributed by atoms with Crippen LogP contribution in [0, 0.1) is 0 Å². The number of nitrogens with one attached hydrogen (secondary N) is 1. The van der Waals surface area contributed by atoms with Crippen LogP contribution in [0.25, 0.3) is 0 Å². The number of nitrogens with zero attached hydrogens (tertiary/aromatic N) is 2. The number of carbonyl (C=O) groups excluding carboxylic acids is 2. The predicted molar refractivity (Wildman–Crippen MR) is 93.5 cm³/mol. The molecular formula is C18H27N3O3. The van der Waals surface area contributed by atoms with E-state index < -0.39 is 12.1 Å². The molecule has 1 aliphatic rings. The van der Waals surface area contributed by atoms with Crippen LogP contribution < -0.4 is 5.32 Å². The summed E-state index contributed by atoms with van der Waals surface area (Å²) in [5.41, 5.74) is 1.89. The number of hydrogen-bond donors (Lipinski definition) is 2. The molecule has 24 heavy (non-hydrogen) atoms. The summed E-state index contributed by atoms with van der Waals surface area (Å²) < 4.78 is 0. The van der Waals surface area contributed by atoms with Crippen molar-refractivity contribution in [3.63, 3.8) is 0 Å². The summed E-state index contributed by atoms with van der Waals surface area (Å²) in [6, 6.07) is 7.15. The van der Waals surface area contributed by atoms with Gasteiger partial charge >= 0.3 is 0 Å². The first kappa shape index (κ1) is 18.4. The van der Waals surface area contributed by atoms with Gasteiger partial charge in [-0.25, -0.2) is 0 Å². The molecule has 6 nitrogen and oxygen atoms in total. The molecule has 0 radical (unpaired) electrons. The van der Waals surface area contributed by atoms with Gasteiger partial charge in [0.15, 0.2) is 0 Å². The molecule has 2 N–H and O–H groups in total. The monoisotopic (exact) mass is 333 g/mol. The van der Waals surface area contributed by atoms with Crippen molar-refractivity contribution < 1.29 is 14.7 Å². The van der Waals surface area contributed by atoms with Gasteiger partial charge in [0.05, 0.1) is 6.10 Å². The zero-order chi connectivity index (χ0) is 17.7. The molecule has 1 aromatic carbocycles. The van der Waals surface area contributed by atoms with Crippen molar-refractivity contribution in [1.29, 1.82) is 0 Å². The van der Waals surface area contributed by atoms with Gasteiger partial charge in [0.2, 0.25) is 11.8 Å². The minimum atomic E-state index is -0.638. The number of β-amino-alcohol motifs (C(OH)–C–C–N with tert-alkyl or cyclic N) is 1. The van der Waals surface area contributed by atoms with Crippen molar-refractivity contribution in [3.05, 3.63) is 29.8 Å². The maximum absolute atomic E-state index is 12.4. The minimum Gasteiger partial charge on any atom is -0.391 e. The molecule has 0 saturated carbocycles. The number of rotatable bonds is 6. The number of anilines is 1. The molecule has 1 saturated heterocycles. The molecule has 2 atom stereocenters. The lowest BCUT2D eigenvalue weighted by Gasteiger charge is -2.22. The molecule has 2 amide bonds. The first-order valence-corrected chi connectivity index (χ1v) is 8.52. The van der Waals surface area contributed by atoms with E-state index in [1.165, 1.54) is 17.4 Å². The van der Waals surface area contributed by atoms with Crippen molar-refractivity contribution >= 4 is 17.5 Å². The fourth-order valence-corrected chi connectivity index (χ4v) is 3.03. The Morgan fingerprint density at radius 1 is 1.25 bits per heavy atom. The Hall–Kier alpha value is -1.92. The van der Waals surface area contributed by atoms with Gasteiger partial charge in [0.1, 0.15) is 6.04 Å². The van der Waals surface area contributed by atoms with Crippen LogP contribution in [0.15, 0.2) is 24.3 Å². The highest BCUT2D eigenvalue weighted by molar-refractivity contribution is 5.97. The molecule has 1 heterocycles. The molecule has 2 rings (SSSR count). The molecule has 0 spiro atoms. The lowest BCUT2D eigenvalue weighted by atomic mass is 10.1. The lowest BCUT2D eigenvalue weighted by molar-refractivity contribution is -0.134. The highest BCUT2D eigenvalue weighted by Crippen LogP contribution is 2.20. The van der Waals surface area contributed by atoms with Crippen molar-refractivity contribution in [2.24, 2.45) is 0 Å². The molecule has 1 aromatic rings. The predicted octanol–water partition coefficient (Wildman–Crippen LogP) is 1.45. The summed E-state index contributed by atoms with van der Waals surface area (Å²) >= 11 is 0. The molecule has 6 heteroatoms. The Morgan fingerprint density at radius 3 is 2.42 bits per heavy atom. The van der Waals surface area contributed by atoms with E-state index in [2.05, 4.69) is 24.1 Å². The summed E-state index contributed by atoms with van der Waals surface area (Å²) in [6.45, 7) is 8.79. The summed E-state index contributed by atoms with van der Waals surface area (Å²) in [6.07, 6.45) is -0.355. The van der Waals surface area contributed by atoms with Crippen LogP contribution in [0.2, 0.25) is 0 Å². The molecule has 1 fully saturated rings. The summed E-state index contributed by atoms with van der Waals surface area (Å²) in [7, 11) is 0. The zero-order valence-corrected chi connectivity index (χ0v) is 14.7. The second-order valence-corrected chi connectivity index (χ2v) is 6.22. The van der Waals surface area contributed by atoms with E-state index in [0.717, 1.165) is 19.6 Å². The number of amides is 2. The SMILES string of the molecule is CCN(CC)Cc1ccc(NC(=O)[C@H]2C[C@@H](O)CN2C(C)=O)cc1. The van der Waals surface area contributed by atoms with Gasteiger partial charge in [0.25, 0.3) is 0 Å². The Morgan fingerprint density at radius 2 is 1.88 bits per heavy atom. The van der Waals surface area contributed by atoms with Crippen LogP contribution in [0.3, 0.4) is 0 Å². The van der Waals surface area contributed by atoms with E-state index in [1.807, 2.05) is 24.3 Å². The van der Waals surface area contributed by atoms with Gasteiger partial charge in [-0.1, -0.05) is 26.0 Å². The van der Waals surface area contributed by atoms with Gasteiger partial charge in [-0.3, -0.25) is 14.5 Å². The van der Waals surface area contributed by atoms with Gasteiger partial charge in [-0.15, -0.1) is 0 Å². The lowest BCUT2D eigenvalue weighted by Crippen LogP contribution is -2.42. The van der Waals surface area contributed by atoms with Gasteiger partial charge < -0.3 is 15.3 Å². The Kier molecular flexibility index (Phi) is 6.34. The van der Waals surface area contributed by atoms with Crippen molar-refractivity contribution in [3.8, 4) is 0 Å². The highest BCUT2D eigenvalue weighted by Gasteiger charge is 2.37. The average molecular weight is 333 g/mol. The van der Waals surface area contributed by atoms with Crippen LogP contribution in [-0.2, 0) is 16.1 Å². The topological polar surface area (TPSA) is 72.9 Å². The van der Waals surface area contributed by atoms with Gasteiger partial charge in [-0.2, -0.15) is 0 Å². The number of carbonyl (C=O) groups is 2. The maximum Gasteiger partial charge on any atom is 0.247 e. The summed E-state index contributed by atoms with van der Waals surface area (Å²) in [5.74, 6) is -0.445. The van der Waals surface area contributed by atoms with E-state index in [4.69, 9.17) is 0 Å². The fourth-order valence-electron chi connectivity index (χ4n) is 3.03. The summed E-state index contributed by atoms with van der Waals surface area (Å²) in [5, 5.41) is 12.6. The number of aliphatic hydroxyl groups excluding tert-OH is 1. The zero-order valence-electron chi connectivity index (χ0n) is 14.7. The van der Waals surface area contributed by atoms with E-state index in [9.17, 15) is 14.7 Å². The van der Waals surface area contributed by atoms with Crippen LogP contribution in [0.5, 0.6) is 0 Å². The van der Waals surface area contributed by atoms with E-state index in [1.54, 1.807) is 0 Å².